The molecule has 128 valence electrons. The van der Waals surface area contributed by atoms with Crippen molar-refractivity contribution in [3.8, 4) is 0 Å². The van der Waals surface area contributed by atoms with Crippen molar-refractivity contribution in [3.05, 3.63) is 47.2 Å². The summed E-state index contributed by atoms with van der Waals surface area (Å²) >= 11 is 0. The molecule has 0 aliphatic heterocycles. The summed E-state index contributed by atoms with van der Waals surface area (Å²) in [6.07, 6.45) is 3.00. The molecule has 0 bridgehead atoms. The highest BCUT2D eigenvalue weighted by atomic mass is 16.2. The second-order valence-electron chi connectivity index (χ2n) is 6.08. The lowest BCUT2D eigenvalue weighted by atomic mass is 10.0. The Morgan fingerprint density at radius 2 is 1.83 bits per heavy atom. The number of aromatic nitrogens is 2. The molecule has 6 nitrogen and oxygen atoms in total. The fraction of sp³-hybridized carbons (Fsp3) is 0.389. The topological polar surface area (TPSA) is 67.2 Å². The van der Waals surface area contributed by atoms with Crippen LogP contribution in [0.1, 0.15) is 34.3 Å². The first-order valence-electron chi connectivity index (χ1n) is 7.99. The van der Waals surface area contributed by atoms with Gasteiger partial charge in [0, 0.05) is 44.9 Å². The fourth-order valence-corrected chi connectivity index (χ4v) is 2.52. The Morgan fingerprint density at radius 1 is 1.17 bits per heavy atom. The van der Waals surface area contributed by atoms with E-state index in [0.29, 0.717) is 30.8 Å². The number of carbonyl (C=O) groups is 2. The zero-order chi connectivity index (χ0) is 17.7. The molecule has 0 atom stereocenters. The number of carbonyl (C=O) groups excluding carboxylic acids is 2. The van der Waals surface area contributed by atoms with Gasteiger partial charge in [-0.3, -0.25) is 14.3 Å². The molecule has 1 heterocycles. The molecule has 2 rings (SSSR count). The van der Waals surface area contributed by atoms with Crippen molar-refractivity contribution in [2.24, 2.45) is 0 Å². The maximum absolute atomic E-state index is 12.4. The van der Waals surface area contributed by atoms with Gasteiger partial charge in [-0.25, -0.2) is 0 Å². The van der Waals surface area contributed by atoms with E-state index in [-0.39, 0.29) is 11.8 Å². The van der Waals surface area contributed by atoms with Gasteiger partial charge in [0.2, 0.25) is 5.91 Å². The molecular formula is C18H24N4O2. The van der Waals surface area contributed by atoms with Crippen LogP contribution in [0.3, 0.4) is 0 Å². The molecule has 1 aromatic heterocycles. The van der Waals surface area contributed by atoms with Crippen LogP contribution in [0.25, 0.3) is 0 Å². The number of benzene rings is 1. The smallest absolute Gasteiger partial charge is 0.257 e. The predicted molar refractivity (Wildman–Crippen MR) is 94.0 cm³/mol. The lowest BCUT2D eigenvalue weighted by Gasteiger charge is -2.10. The van der Waals surface area contributed by atoms with Gasteiger partial charge in [-0.1, -0.05) is 18.2 Å². The SMILES string of the molecule is Cc1cccc(C)c1C(=O)Nc1ccn(CCCC(=O)N(C)C)n1. The van der Waals surface area contributed by atoms with Gasteiger partial charge in [0.05, 0.1) is 0 Å². The number of nitrogens with one attached hydrogen (secondary N) is 1. The minimum absolute atomic E-state index is 0.103. The third-order valence-electron chi connectivity index (χ3n) is 3.87. The van der Waals surface area contributed by atoms with Crippen LogP contribution in [0.2, 0.25) is 0 Å². The van der Waals surface area contributed by atoms with Gasteiger partial charge in [-0.05, 0) is 31.4 Å². The molecule has 0 aliphatic carbocycles. The van der Waals surface area contributed by atoms with Gasteiger partial charge in [-0.2, -0.15) is 5.10 Å². The molecule has 1 aromatic carbocycles. The van der Waals surface area contributed by atoms with Gasteiger partial charge in [-0.15, -0.1) is 0 Å². The maximum atomic E-state index is 12.4. The first kappa shape index (κ1) is 17.7. The quantitative estimate of drug-likeness (QED) is 0.886. The van der Waals surface area contributed by atoms with Crippen molar-refractivity contribution in [3.63, 3.8) is 0 Å². The van der Waals surface area contributed by atoms with E-state index in [9.17, 15) is 9.59 Å². The van der Waals surface area contributed by atoms with E-state index in [1.54, 1.807) is 35.9 Å². The van der Waals surface area contributed by atoms with Gasteiger partial charge >= 0.3 is 0 Å². The van der Waals surface area contributed by atoms with E-state index in [0.717, 1.165) is 11.1 Å². The molecular weight excluding hydrogens is 304 g/mol. The second-order valence-corrected chi connectivity index (χ2v) is 6.08. The van der Waals surface area contributed by atoms with E-state index in [1.807, 2.05) is 32.0 Å². The van der Waals surface area contributed by atoms with Crippen molar-refractivity contribution < 1.29 is 9.59 Å². The summed E-state index contributed by atoms with van der Waals surface area (Å²) in [5.41, 5.74) is 2.56. The van der Waals surface area contributed by atoms with Gasteiger partial charge in [0.1, 0.15) is 0 Å². The first-order chi connectivity index (χ1) is 11.4. The zero-order valence-corrected chi connectivity index (χ0v) is 14.7. The number of amides is 2. The minimum atomic E-state index is -0.154. The lowest BCUT2D eigenvalue weighted by Crippen LogP contribution is -2.21. The lowest BCUT2D eigenvalue weighted by molar-refractivity contribution is -0.128. The summed E-state index contributed by atoms with van der Waals surface area (Å²) < 4.78 is 1.74. The molecule has 1 N–H and O–H groups in total. The van der Waals surface area contributed by atoms with Crippen LogP contribution in [0.5, 0.6) is 0 Å². The Bertz CT molecular complexity index is 714. The normalized spacial score (nSPS) is 10.5. The maximum Gasteiger partial charge on any atom is 0.257 e. The predicted octanol–water partition coefficient (Wildman–Crippen LogP) is 2.62. The third-order valence-corrected chi connectivity index (χ3v) is 3.87. The highest BCUT2D eigenvalue weighted by Crippen LogP contribution is 2.15. The van der Waals surface area contributed by atoms with Crippen LogP contribution in [0.4, 0.5) is 5.82 Å². The zero-order valence-electron chi connectivity index (χ0n) is 14.7. The van der Waals surface area contributed by atoms with Crippen molar-refractivity contribution in [1.82, 2.24) is 14.7 Å². The largest absolute Gasteiger partial charge is 0.349 e. The number of hydrogen-bond acceptors (Lipinski definition) is 3. The van der Waals surface area contributed by atoms with Crippen molar-refractivity contribution in [1.29, 1.82) is 0 Å². The number of hydrogen-bond donors (Lipinski definition) is 1. The molecule has 2 aromatic rings. The summed E-state index contributed by atoms with van der Waals surface area (Å²) in [5.74, 6) is 0.464. The average molecular weight is 328 g/mol. The second kappa shape index (κ2) is 7.77. The highest BCUT2D eigenvalue weighted by Gasteiger charge is 2.13. The number of nitrogens with zero attached hydrogens (tertiary/aromatic N) is 3. The monoisotopic (exact) mass is 328 g/mol. The van der Waals surface area contributed by atoms with Crippen LogP contribution < -0.4 is 5.32 Å². The Labute approximate surface area is 142 Å². The summed E-state index contributed by atoms with van der Waals surface area (Å²) in [7, 11) is 3.49. The number of rotatable bonds is 6. The van der Waals surface area contributed by atoms with Gasteiger partial charge in [0.25, 0.3) is 5.91 Å². The minimum Gasteiger partial charge on any atom is -0.349 e. The summed E-state index contributed by atoms with van der Waals surface area (Å²) in [5, 5.41) is 7.17. The van der Waals surface area contributed by atoms with Crippen molar-refractivity contribution in [2.75, 3.05) is 19.4 Å². The molecule has 0 spiro atoms. The average Bonchev–Trinajstić information content (AvgIpc) is 2.94. The Balaban J connectivity index is 1.94. The summed E-state index contributed by atoms with van der Waals surface area (Å²) in [4.78, 5) is 25.6. The molecule has 0 saturated carbocycles. The molecule has 24 heavy (non-hydrogen) atoms. The standard InChI is InChI=1S/C18H24N4O2/c1-13-7-5-8-14(2)17(13)18(24)19-15-10-12-22(20-15)11-6-9-16(23)21(3)4/h5,7-8,10,12H,6,9,11H2,1-4H3,(H,19,20,24). The molecule has 0 unspecified atom stereocenters. The van der Waals surface area contributed by atoms with Crippen LogP contribution in [-0.2, 0) is 11.3 Å². The van der Waals surface area contributed by atoms with Crippen LogP contribution >= 0.6 is 0 Å². The van der Waals surface area contributed by atoms with Crippen LogP contribution in [0, 0.1) is 13.8 Å². The third kappa shape index (κ3) is 4.44. The molecule has 6 heteroatoms. The molecule has 2 amide bonds. The summed E-state index contributed by atoms with van der Waals surface area (Å²) in [6, 6.07) is 7.54. The van der Waals surface area contributed by atoms with Crippen molar-refractivity contribution in [2.45, 2.75) is 33.2 Å². The fourth-order valence-electron chi connectivity index (χ4n) is 2.52. The highest BCUT2D eigenvalue weighted by molar-refractivity contribution is 6.05. The van der Waals surface area contributed by atoms with Gasteiger partial charge in [0.15, 0.2) is 5.82 Å². The molecule has 0 aliphatic rings. The Hall–Kier alpha value is -2.63. The van der Waals surface area contributed by atoms with Crippen molar-refractivity contribution >= 4 is 17.6 Å². The van der Waals surface area contributed by atoms with E-state index in [4.69, 9.17) is 0 Å². The molecule has 0 radical (unpaired) electrons. The van der Waals surface area contributed by atoms with Crippen LogP contribution in [0.15, 0.2) is 30.5 Å². The van der Waals surface area contributed by atoms with Gasteiger partial charge < -0.3 is 10.2 Å². The first-order valence-corrected chi connectivity index (χ1v) is 7.99. The van der Waals surface area contributed by atoms with E-state index >= 15 is 0 Å². The van der Waals surface area contributed by atoms with E-state index in [2.05, 4.69) is 10.4 Å². The van der Waals surface area contributed by atoms with E-state index in [1.165, 1.54) is 0 Å². The van der Waals surface area contributed by atoms with E-state index < -0.39 is 0 Å². The number of aryl methyl sites for hydroxylation is 3. The molecule has 0 fully saturated rings. The van der Waals surface area contributed by atoms with Crippen LogP contribution in [-0.4, -0.2) is 40.6 Å². The summed E-state index contributed by atoms with van der Waals surface area (Å²) in [6.45, 7) is 4.48. The molecule has 0 saturated heterocycles. The Kier molecular flexibility index (Phi) is 5.73. The Morgan fingerprint density at radius 3 is 2.46 bits per heavy atom. The number of anilines is 1.